The van der Waals surface area contributed by atoms with Gasteiger partial charge in [-0.05, 0) is 42.3 Å². The lowest BCUT2D eigenvalue weighted by molar-refractivity contribution is 0.298. The number of rotatable bonds is 4. The molecule has 1 aromatic heterocycles. The van der Waals surface area contributed by atoms with Crippen molar-refractivity contribution in [3.8, 4) is 0 Å². The minimum Gasteiger partial charge on any atom is -0.397 e. The summed E-state index contributed by atoms with van der Waals surface area (Å²) in [7, 11) is 0. The molecule has 0 amide bonds. The van der Waals surface area contributed by atoms with Gasteiger partial charge in [-0.1, -0.05) is 0 Å². The summed E-state index contributed by atoms with van der Waals surface area (Å²) in [6, 6.07) is 0.277. The van der Waals surface area contributed by atoms with Crippen LogP contribution < -0.4 is 10.6 Å². The number of nitrogens with two attached hydrogens (primary N) is 1. The predicted octanol–water partition coefficient (Wildman–Crippen LogP) is 1.94. The first-order valence-corrected chi connectivity index (χ1v) is 6.06. The Morgan fingerprint density at radius 1 is 1.56 bits per heavy atom. The lowest BCUT2D eigenvalue weighted by Gasteiger charge is -2.28. The van der Waals surface area contributed by atoms with Crippen molar-refractivity contribution in [1.29, 1.82) is 0 Å². The average molecular weight is 288 g/mol. The standard InChI is InChI=1S/C11H18BrN3O/c1-7(2)15(4-5-16)11-10(12)8(3)9(13)6-14-11/h6-7,16H,4-5,13H2,1-3H3. The maximum Gasteiger partial charge on any atom is 0.143 e. The molecule has 1 aromatic rings. The Kier molecular flexibility index (Phi) is 4.56. The molecule has 1 rings (SSSR count). The Morgan fingerprint density at radius 3 is 2.69 bits per heavy atom. The highest BCUT2D eigenvalue weighted by Crippen LogP contribution is 2.31. The van der Waals surface area contributed by atoms with E-state index in [4.69, 9.17) is 10.8 Å². The molecule has 0 aliphatic heterocycles. The van der Waals surface area contributed by atoms with Crippen molar-refractivity contribution < 1.29 is 5.11 Å². The second kappa shape index (κ2) is 5.50. The van der Waals surface area contributed by atoms with E-state index >= 15 is 0 Å². The van der Waals surface area contributed by atoms with Gasteiger partial charge in [-0.3, -0.25) is 0 Å². The first kappa shape index (κ1) is 13.3. The fraction of sp³-hybridized carbons (Fsp3) is 0.545. The van der Waals surface area contributed by atoms with E-state index in [1.807, 2.05) is 11.8 Å². The summed E-state index contributed by atoms with van der Waals surface area (Å²) in [6.45, 7) is 6.75. The van der Waals surface area contributed by atoms with Crippen LogP contribution in [0.25, 0.3) is 0 Å². The number of aliphatic hydroxyl groups excluding tert-OH is 1. The lowest BCUT2D eigenvalue weighted by Crippen LogP contribution is -2.34. The molecule has 0 unspecified atom stereocenters. The number of nitrogen functional groups attached to an aromatic ring is 1. The number of anilines is 2. The quantitative estimate of drug-likeness (QED) is 0.889. The predicted molar refractivity (Wildman–Crippen MR) is 70.7 cm³/mol. The van der Waals surface area contributed by atoms with E-state index in [1.54, 1.807) is 6.20 Å². The summed E-state index contributed by atoms with van der Waals surface area (Å²) in [6.07, 6.45) is 1.65. The molecule has 0 atom stereocenters. The first-order chi connectivity index (χ1) is 7.49. The third-order valence-electron chi connectivity index (χ3n) is 2.52. The number of hydrogen-bond acceptors (Lipinski definition) is 4. The van der Waals surface area contributed by atoms with Crippen LogP contribution in [0.4, 0.5) is 11.5 Å². The Hall–Kier alpha value is -0.810. The molecule has 3 N–H and O–H groups in total. The van der Waals surface area contributed by atoms with Gasteiger partial charge in [-0.15, -0.1) is 0 Å². The van der Waals surface area contributed by atoms with Gasteiger partial charge in [0.05, 0.1) is 23.0 Å². The molecular formula is C11H18BrN3O. The van der Waals surface area contributed by atoms with Crippen molar-refractivity contribution >= 4 is 27.4 Å². The molecule has 0 bridgehead atoms. The zero-order chi connectivity index (χ0) is 12.3. The summed E-state index contributed by atoms with van der Waals surface area (Å²) in [5.74, 6) is 0.829. The molecule has 0 aromatic carbocycles. The summed E-state index contributed by atoms with van der Waals surface area (Å²) in [5.41, 5.74) is 7.43. The van der Waals surface area contributed by atoms with Gasteiger partial charge in [0, 0.05) is 12.6 Å². The van der Waals surface area contributed by atoms with Gasteiger partial charge in [0.15, 0.2) is 0 Å². The van der Waals surface area contributed by atoms with Gasteiger partial charge < -0.3 is 15.7 Å². The number of nitrogens with zero attached hydrogens (tertiary/aromatic N) is 2. The van der Waals surface area contributed by atoms with E-state index in [1.165, 1.54) is 0 Å². The Morgan fingerprint density at radius 2 is 2.19 bits per heavy atom. The zero-order valence-corrected chi connectivity index (χ0v) is 11.5. The van der Waals surface area contributed by atoms with E-state index in [9.17, 15) is 0 Å². The van der Waals surface area contributed by atoms with Crippen molar-refractivity contribution in [3.05, 3.63) is 16.2 Å². The number of halogens is 1. The van der Waals surface area contributed by atoms with Crippen molar-refractivity contribution in [1.82, 2.24) is 4.98 Å². The van der Waals surface area contributed by atoms with E-state index in [2.05, 4.69) is 34.8 Å². The molecule has 0 saturated heterocycles. The van der Waals surface area contributed by atoms with E-state index in [0.717, 1.165) is 15.9 Å². The van der Waals surface area contributed by atoms with E-state index in [-0.39, 0.29) is 12.6 Å². The minimum absolute atomic E-state index is 0.107. The highest BCUT2D eigenvalue weighted by atomic mass is 79.9. The van der Waals surface area contributed by atoms with Crippen molar-refractivity contribution in [2.45, 2.75) is 26.8 Å². The summed E-state index contributed by atoms with van der Waals surface area (Å²) < 4.78 is 0.898. The van der Waals surface area contributed by atoms with E-state index in [0.29, 0.717) is 12.2 Å². The lowest BCUT2D eigenvalue weighted by atomic mass is 10.2. The summed E-state index contributed by atoms with van der Waals surface area (Å²) in [4.78, 5) is 6.36. The molecule has 16 heavy (non-hydrogen) atoms. The van der Waals surface area contributed by atoms with Crippen LogP contribution in [-0.4, -0.2) is 29.3 Å². The van der Waals surface area contributed by atoms with E-state index < -0.39 is 0 Å². The van der Waals surface area contributed by atoms with Crippen molar-refractivity contribution in [2.24, 2.45) is 0 Å². The molecule has 5 heteroatoms. The van der Waals surface area contributed by atoms with Gasteiger partial charge in [0.2, 0.25) is 0 Å². The number of aliphatic hydroxyl groups is 1. The molecular weight excluding hydrogens is 270 g/mol. The molecule has 90 valence electrons. The topological polar surface area (TPSA) is 62.4 Å². The van der Waals surface area contributed by atoms with Crippen LogP contribution in [-0.2, 0) is 0 Å². The molecule has 0 spiro atoms. The summed E-state index contributed by atoms with van der Waals surface area (Å²) >= 11 is 3.50. The third kappa shape index (κ3) is 2.65. The van der Waals surface area contributed by atoms with Gasteiger partial charge in [-0.2, -0.15) is 0 Å². The smallest absolute Gasteiger partial charge is 0.143 e. The molecule has 1 heterocycles. The van der Waals surface area contributed by atoms with Crippen LogP contribution >= 0.6 is 15.9 Å². The molecule has 0 fully saturated rings. The number of pyridine rings is 1. The van der Waals surface area contributed by atoms with Crippen molar-refractivity contribution in [3.63, 3.8) is 0 Å². The molecule has 0 aliphatic rings. The zero-order valence-electron chi connectivity index (χ0n) is 9.87. The van der Waals surface area contributed by atoms with Crippen LogP contribution in [0.2, 0.25) is 0 Å². The van der Waals surface area contributed by atoms with Gasteiger partial charge in [0.1, 0.15) is 5.82 Å². The summed E-state index contributed by atoms with van der Waals surface area (Å²) in [5, 5.41) is 9.05. The average Bonchev–Trinajstić information content (AvgIpc) is 2.24. The Labute approximate surface area is 105 Å². The van der Waals surface area contributed by atoms with Gasteiger partial charge >= 0.3 is 0 Å². The fourth-order valence-corrected chi connectivity index (χ4v) is 2.05. The molecule has 0 radical (unpaired) electrons. The second-order valence-electron chi connectivity index (χ2n) is 3.99. The highest BCUT2D eigenvalue weighted by molar-refractivity contribution is 9.10. The highest BCUT2D eigenvalue weighted by Gasteiger charge is 2.16. The molecule has 0 aliphatic carbocycles. The number of aromatic nitrogens is 1. The van der Waals surface area contributed by atoms with Gasteiger partial charge in [0.25, 0.3) is 0 Å². The Bertz CT molecular complexity index is 368. The van der Waals surface area contributed by atoms with Crippen LogP contribution in [0.3, 0.4) is 0 Å². The first-order valence-electron chi connectivity index (χ1n) is 5.27. The van der Waals surface area contributed by atoms with Crippen LogP contribution in [0.1, 0.15) is 19.4 Å². The molecule has 0 saturated carbocycles. The monoisotopic (exact) mass is 287 g/mol. The van der Waals surface area contributed by atoms with Crippen LogP contribution in [0.15, 0.2) is 10.7 Å². The Balaban J connectivity index is 3.15. The third-order valence-corrected chi connectivity index (χ3v) is 3.47. The molecule has 4 nitrogen and oxygen atoms in total. The fourth-order valence-electron chi connectivity index (χ4n) is 1.50. The second-order valence-corrected chi connectivity index (χ2v) is 4.78. The SMILES string of the molecule is Cc1c(N)cnc(N(CCO)C(C)C)c1Br. The largest absolute Gasteiger partial charge is 0.397 e. The van der Waals surface area contributed by atoms with Crippen LogP contribution in [0.5, 0.6) is 0 Å². The van der Waals surface area contributed by atoms with Gasteiger partial charge in [-0.25, -0.2) is 4.98 Å². The number of hydrogen-bond donors (Lipinski definition) is 2. The van der Waals surface area contributed by atoms with Crippen molar-refractivity contribution in [2.75, 3.05) is 23.8 Å². The maximum atomic E-state index is 9.05. The van der Waals surface area contributed by atoms with Crippen LogP contribution in [0, 0.1) is 6.92 Å². The normalized spacial score (nSPS) is 10.9. The minimum atomic E-state index is 0.107. The maximum absolute atomic E-state index is 9.05.